The van der Waals surface area contributed by atoms with Gasteiger partial charge < -0.3 is 14.2 Å². The second-order valence-corrected chi connectivity index (χ2v) is 5.62. The van der Waals surface area contributed by atoms with Crippen LogP contribution in [0.15, 0.2) is 5.38 Å². The van der Waals surface area contributed by atoms with Gasteiger partial charge in [0.05, 0.1) is 19.2 Å². The molecule has 2 rings (SSSR count). The van der Waals surface area contributed by atoms with Crippen molar-refractivity contribution in [3.8, 4) is 0 Å². The first kappa shape index (κ1) is 15.4. The first-order valence-electron chi connectivity index (χ1n) is 6.93. The van der Waals surface area contributed by atoms with Crippen molar-refractivity contribution in [1.29, 1.82) is 0 Å². The number of thiazole rings is 1. The molecule has 0 aliphatic carbocycles. The highest BCUT2D eigenvalue weighted by atomic mass is 32.1. The molecule has 5 nitrogen and oxygen atoms in total. The molecular formula is C14H21NO4S. The molecule has 0 aromatic carbocycles. The number of carbonyl (C=O) groups is 1. The number of carbonyl (C=O) groups excluding carboxylic acids is 1. The lowest BCUT2D eigenvalue weighted by atomic mass is 9.95. The van der Waals surface area contributed by atoms with Gasteiger partial charge in [0.1, 0.15) is 10.6 Å². The molecule has 1 aliphatic rings. The average molecular weight is 299 g/mol. The lowest BCUT2D eigenvalue weighted by Crippen LogP contribution is -2.36. The summed E-state index contributed by atoms with van der Waals surface area (Å²) in [6, 6.07) is 0. The van der Waals surface area contributed by atoms with Crippen molar-refractivity contribution in [2.24, 2.45) is 0 Å². The quantitative estimate of drug-likeness (QED) is 0.754. The summed E-state index contributed by atoms with van der Waals surface area (Å²) < 4.78 is 16.1. The Bertz CT molecular complexity index is 435. The number of aryl methyl sites for hydroxylation is 1. The molecule has 2 heterocycles. The molecule has 1 aliphatic heterocycles. The molecule has 0 radical (unpaired) electrons. The lowest BCUT2D eigenvalue weighted by molar-refractivity contribution is -0.140. The summed E-state index contributed by atoms with van der Waals surface area (Å²) in [7, 11) is 1.40. The molecule has 20 heavy (non-hydrogen) atoms. The van der Waals surface area contributed by atoms with Crippen LogP contribution in [0.1, 0.15) is 36.9 Å². The maximum atomic E-state index is 11.2. The van der Waals surface area contributed by atoms with Crippen molar-refractivity contribution < 1.29 is 19.0 Å². The van der Waals surface area contributed by atoms with Gasteiger partial charge in [0.2, 0.25) is 0 Å². The van der Waals surface area contributed by atoms with Gasteiger partial charge in [0.15, 0.2) is 0 Å². The first-order chi connectivity index (χ1) is 9.70. The number of hydrogen-bond acceptors (Lipinski definition) is 6. The fourth-order valence-electron chi connectivity index (χ4n) is 2.36. The summed E-state index contributed by atoms with van der Waals surface area (Å²) in [5.74, 6) is -0.204. The summed E-state index contributed by atoms with van der Waals surface area (Å²) >= 11 is 1.61. The van der Waals surface area contributed by atoms with E-state index in [2.05, 4.69) is 9.72 Å². The van der Waals surface area contributed by atoms with Gasteiger partial charge in [-0.2, -0.15) is 0 Å². The Balaban J connectivity index is 2.06. The van der Waals surface area contributed by atoms with Crippen LogP contribution in [0.2, 0.25) is 0 Å². The number of esters is 1. The van der Waals surface area contributed by atoms with Gasteiger partial charge in [0, 0.05) is 44.5 Å². The summed E-state index contributed by atoms with van der Waals surface area (Å²) in [5.41, 5.74) is 0.627. The Labute approximate surface area is 123 Å². The van der Waals surface area contributed by atoms with Crippen LogP contribution in [0.25, 0.3) is 0 Å². The third-order valence-corrected chi connectivity index (χ3v) is 4.55. The zero-order chi connectivity index (χ0) is 14.4. The molecule has 112 valence electrons. The van der Waals surface area contributed by atoms with Gasteiger partial charge in [-0.25, -0.2) is 4.98 Å². The van der Waals surface area contributed by atoms with Gasteiger partial charge in [-0.05, 0) is 6.92 Å². The second-order valence-electron chi connectivity index (χ2n) is 4.76. The van der Waals surface area contributed by atoms with Gasteiger partial charge in [-0.15, -0.1) is 11.3 Å². The van der Waals surface area contributed by atoms with Crippen molar-refractivity contribution in [3.05, 3.63) is 16.1 Å². The molecule has 0 unspecified atom stereocenters. The normalized spacial score (nSPS) is 17.9. The van der Waals surface area contributed by atoms with E-state index in [1.807, 2.05) is 12.3 Å². The first-order valence-corrected chi connectivity index (χ1v) is 7.81. The van der Waals surface area contributed by atoms with E-state index in [9.17, 15) is 4.79 Å². The zero-order valence-corrected chi connectivity index (χ0v) is 12.8. The molecule has 0 spiro atoms. The molecule has 0 amide bonds. The van der Waals surface area contributed by atoms with Crippen molar-refractivity contribution >= 4 is 17.3 Å². The minimum Gasteiger partial charge on any atom is -0.469 e. The Kier molecular flexibility index (Phi) is 5.51. The number of rotatable bonds is 6. The van der Waals surface area contributed by atoms with Gasteiger partial charge in [-0.3, -0.25) is 4.79 Å². The van der Waals surface area contributed by atoms with Gasteiger partial charge in [0.25, 0.3) is 0 Å². The fraction of sp³-hybridized carbons (Fsp3) is 0.714. The zero-order valence-electron chi connectivity index (χ0n) is 12.0. The van der Waals surface area contributed by atoms with E-state index in [4.69, 9.17) is 9.47 Å². The predicted molar refractivity (Wildman–Crippen MR) is 75.8 cm³/mol. The Morgan fingerprint density at radius 3 is 2.90 bits per heavy atom. The summed E-state index contributed by atoms with van der Waals surface area (Å²) in [6.45, 7) is 4.08. The van der Waals surface area contributed by atoms with Crippen LogP contribution in [0.4, 0.5) is 0 Å². The highest BCUT2D eigenvalue weighted by Crippen LogP contribution is 2.37. The molecule has 0 bridgehead atoms. The lowest BCUT2D eigenvalue weighted by Gasteiger charge is -2.35. The summed E-state index contributed by atoms with van der Waals surface area (Å²) in [6.07, 6.45) is 2.65. The number of nitrogens with zero attached hydrogens (tertiary/aromatic N) is 1. The molecule has 0 saturated carbocycles. The monoisotopic (exact) mass is 299 g/mol. The smallest absolute Gasteiger partial charge is 0.305 e. The number of aromatic nitrogens is 1. The molecule has 6 heteroatoms. The van der Waals surface area contributed by atoms with Crippen LogP contribution in [0, 0.1) is 0 Å². The van der Waals surface area contributed by atoms with Crippen LogP contribution in [0.3, 0.4) is 0 Å². The number of ether oxygens (including phenoxy) is 3. The van der Waals surface area contributed by atoms with Gasteiger partial charge in [-0.1, -0.05) is 0 Å². The van der Waals surface area contributed by atoms with Crippen LogP contribution in [0.5, 0.6) is 0 Å². The molecular weight excluding hydrogens is 278 g/mol. The second kappa shape index (κ2) is 7.15. The Morgan fingerprint density at radius 1 is 1.50 bits per heavy atom. The minimum atomic E-state index is -0.304. The van der Waals surface area contributed by atoms with Crippen molar-refractivity contribution in [1.82, 2.24) is 4.98 Å². The van der Waals surface area contributed by atoms with E-state index in [1.165, 1.54) is 7.11 Å². The van der Waals surface area contributed by atoms with Gasteiger partial charge >= 0.3 is 5.97 Å². The number of methoxy groups -OCH3 is 1. The van der Waals surface area contributed by atoms with E-state index in [-0.39, 0.29) is 11.6 Å². The topological polar surface area (TPSA) is 57.7 Å². The number of hydrogen-bond donors (Lipinski definition) is 0. The third kappa shape index (κ3) is 3.56. The summed E-state index contributed by atoms with van der Waals surface area (Å²) in [4.78, 5) is 15.8. The van der Waals surface area contributed by atoms with Crippen LogP contribution in [-0.4, -0.2) is 37.9 Å². The predicted octanol–water partition coefficient (Wildman–Crippen LogP) is 2.29. The average Bonchev–Trinajstić information content (AvgIpc) is 2.95. The highest BCUT2D eigenvalue weighted by Gasteiger charge is 2.37. The fourth-order valence-corrected chi connectivity index (χ4v) is 3.43. The molecule has 1 saturated heterocycles. The maximum absolute atomic E-state index is 11.2. The molecule has 1 aromatic heterocycles. The van der Waals surface area contributed by atoms with Crippen LogP contribution < -0.4 is 0 Å². The van der Waals surface area contributed by atoms with Crippen LogP contribution in [-0.2, 0) is 31.0 Å². The van der Waals surface area contributed by atoms with Crippen LogP contribution >= 0.6 is 11.3 Å². The van der Waals surface area contributed by atoms with E-state index in [0.29, 0.717) is 32.7 Å². The van der Waals surface area contributed by atoms with Crippen molar-refractivity contribution in [2.45, 2.75) is 38.2 Å². The molecule has 1 aromatic rings. The molecule has 1 fully saturated rings. The standard InChI is InChI=1S/C14H21NO4S/c1-3-19-14(6-8-18-9-7-14)13-15-11(10-20-13)4-5-12(16)17-2/h10H,3-9H2,1-2H3. The Morgan fingerprint density at radius 2 is 2.25 bits per heavy atom. The van der Waals surface area contributed by atoms with E-state index >= 15 is 0 Å². The SMILES string of the molecule is CCOC1(c2nc(CCC(=O)OC)cs2)CCOCC1. The van der Waals surface area contributed by atoms with Crippen molar-refractivity contribution in [3.63, 3.8) is 0 Å². The van der Waals surface area contributed by atoms with E-state index in [1.54, 1.807) is 11.3 Å². The van der Waals surface area contributed by atoms with E-state index < -0.39 is 0 Å². The maximum Gasteiger partial charge on any atom is 0.305 e. The summed E-state index contributed by atoms with van der Waals surface area (Å²) in [5, 5.41) is 3.01. The molecule has 0 N–H and O–H groups in total. The Hall–Kier alpha value is -0.980. The van der Waals surface area contributed by atoms with E-state index in [0.717, 1.165) is 23.5 Å². The molecule has 0 atom stereocenters. The third-order valence-electron chi connectivity index (χ3n) is 3.48. The minimum absolute atomic E-state index is 0.204. The largest absolute Gasteiger partial charge is 0.469 e. The highest BCUT2D eigenvalue weighted by molar-refractivity contribution is 7.09. The van der Waals surface area contributed by atoms with Crippen molar-refractivity contribution in [2.75, 3.05) is 26.9 Å².